The van der Waals surface area contributed by atoms with Crippen molar-refractivity contribution >= 4 is 17.8 Å². The fourth-order valence-corrected chi connectivity index (χ4v) is 2.44. The maximum atomic E-state index is 12.0. The van der Waals surface area contributed by atoms with Crippen molar-refractivity contribution in [3.8, 4) is 6.07 Å². The van der Waals surface area contributed by atoms with Crippen LogP contribution in [0, 0.1) is 11.3 Å². The van der Waals surface area contributed by atoms with E-state index < -0.39 is 0 Å². The van der Waals surface area contributed by atoms with Gasteiger partial charge >= 0.3 is 12.1 Å². The van der Waals surface area contributed by atoms with Crippen molar-refractivity contribution in [3.05, 3.63) is 29.8 Å². The van der Waals surface area contributed by atoms with Crippen LogP contribution in [0.1, 0.15) is 25.3 Å². The predicted molar refractivity (Wildman–Crippen MR) is 84.9 cm³/mol. The first kappa shape index (κ1) is 16.6. The number of amides is 3. The second-order valence-electron chi connectivity index (χ2n) is 5.25. The van der Waals surface area contributed by atoms with Gasteiger partial charge in [-0.25, -0.2) is 9.59 Å². The van der Waals surface area contributed by atoms with Gasteiger partial charge in [0.2, 0.25) is 0 Å². The van der Waals surface area contributed by atoms with Crippen molar-refractivity contribution in [2.75, 3.05) is 25.0 Å². The van der Waals surface area contributed by atoms with Crippen molar-refractivity contribution in [3.63, 3.8) is 0 Å². The Morgan fingerprint density at radius 2 is 2.13 bits per heavy atom. The Balaban J connectivity index is 1.78. The highest BCUT2D eigenvalue weighted by molar-refractivity contribution is 5.89. The van der Waals surface area contributed by atoms with Crippen LogP contribution >= 0.6 is 0 Å². The number of nitrogens with zero attached hydrogens (tertiary/aromatic N) is 2. The summed E-state index contributed by atoms with van der Waals surface area (Å²) in [5.41, 5.74) is 1.07. The second kappa shape index (κ2) is 8.03. The highest BCUT2D eigenvalue weighted by Gasteiger charge is 2.24. The third kappa shape index (κ3) is 4.88. The molecule has 0 aliphatic carbocycles. The molecule has 0 aromatic heterocycles. The molecular formula is C16H20N4O3. The van der Waals surface area contributed by atoms with Crippen molar-refractivity contribution in [1.82, 2.24) is 10.2 Å². The minimum atomic E-state index is -0.310. The molecule has 7 nitrogen and oxygen atoms in total. The molecule has 1 heterocycles. The number of nitriles is 1. The molecule has 0 bridgehead atoms. The average molecular weight is 316 g/mol. The molecule has 2 N–H and O–H groups in total. The van der Waals surface area contributed by atoms with Gasteiger partial charge in [-0.05, 0) is 38.0 Å². The van der Waals surface area contributed by atoms with E-state index in [-0.39, 0.29) is 18.2 Å². The van der Waals surface area contributed by atoms with Crippen molar-refractivity contribution in [2.24, 2.45) is 0 Å². The Hall–Kier alpha value is -2.75. The highest BCUT2D eigenvalue weighted by atomic mass is 16.6. The number of urea groups is 1. The van der Waals surface area contributed by atoms with E-state index in [1.54, 1.807) is 36.1 Å². The SMILES string of the molecule is CCOC(=O)N1CCC(NC(=O)Nc2cccc(C#N)c2)CC1. The molecule has 7 heteroatoms. The molecule has 0 unspecified atom stereocenters. The summed E-state index contributed by atoms with van der Waals surface area (Å²) in [7, 11) is 0. The van der Waals surface area contributed by atoms with Gasteiger partial charge in [-0.1, -0.05) is 6.07 Å². The number of likely N-dealkylation sites (tertiary alicyclic amines) is 1. The molecular weight excluding hydrogens is 296 g/mol. The molecule has 0 spiro atoms. The minimum absolute atomic E-state index is 0.0137. The smallest absolute Gasteiger partial charge is 0.409 e. The van der Waals surface area contributed by atoms with Crippen LogP contribution in [0.25, 0.3) is 0 Å². The van der Waals surface area contributed by atoms with Crippen LogP contribution in [-0.2, 0) is 4.74 Å². The third-order valence-corrected chi connectivity index (χ3v) is 3.61. The number of ether oxygens (including phenoxy) is 1. The van der Waals surface area contributed by atoms with Gasteiger partial charge < -0.3 is 20.3 Å². The average Bonchev–Trinajstić information content (AvgIpc) is 2.55. The zero-order chi connectivity index (χ0) is 16.7. The van der Waals surface area contributed by atoms with Crippen LogP contribution in [0.15, 0.2) is 24.3 Å². The maximum Gasteiger partial charge on any atom is 0.409 e. The Labute approximate surface area is 135 Å². The fourth-order valence-electron chi connectivity index (χ4n) is 2.44. The normalized spacial score (nSPS) is 14.7. The third-order valence-electron chi connectivity index (χ3n) is 3.61. The van der Waals surface area contributed by atoms with Gasteiger partial charge in [-0.15, -0.1) is 0 Å². The lowest BCUT2D eigenvalue weighted by atomic mass is 10.1. The summed E-state index contributed by atoms with van der Waals surface area (Å²) in [6.07, 6.45) is 1.07. The molecule has 1 fully saturated rings. The van der Waals surface area contributed by atoms with Gasteiger partial charge in [0.05, 0.1) is 18.2 Å². The lowest BCUT2D eigenvalue weighted by Crippen LogP contribution is -2.47. The minimum Gasteiger partial charge on any atom is -0.450 e. The van der Waals surface area contributed by atoms with Crippen LogP contribution in [0.3, 0.4) is 0 Å². The number of hydrogen-bond acceptors (Lipinski definition) is 4. The van der Waals surface area contributed by atoms with E-state index in [0.717, 1.165) is 0 Å². The van der Waals surface area contributed by atoms with Crippen molar-refractivity contribution < 1.29 is 14.3 Å². The molecule has 1 saturated heterocycles. The monoisotopic (exact) mass is 316 g/mol. The molecule has 1 aromatic rings. The van der Waals surface area contributed by atoms with E-state index in [0.29, 0.717) is 43.8 Å². The number of carbonyl (C=O) groups excluding carboxylic acids is 2. The Kier molecular flexibility index (Phi) is 5.80. The lowest BCUT2D eigenvalue weighted by molar-refractivity contribution is 0.0959. The van der Waals surface area contributed by atoms with Crippen LogP contribution in [0.5, 0.6) is 0 Å². The summed E-state index contributed by atoms with van der Waals surface area (Å²) >= 11 is 0. The summed E-state index contributed by atoms with van der Waals surface area (Å²) in [5.74, 6) is 0. The Morgan fingerprint density at radius 1 is 1.39 bits per heavy atom. The number of piperidine rings is 1. The number of nitrogens with one attached hydrogen (secondary N) is 2. The number of rotatable bonds is 3. The first-order valence-corrected chi connectivity index (χ1v) is 7.61. The number of carbonyl (C=O) groups is 2. The molecule has 0 atom stereocenters. The van der Waals surface area contributed by atoms with Crippen LogP contribution in [0.4, 0.5) is 15.3 Å². The first-order chi connectivity index (χ1) is 11.1. The van der Waals surface area contributed by atoms with E-state index in [9.17, 15) is 9.59 Å². The lowest BCUT2D eigenvalue weighted by Gasteiger charge is -2.31. The summed E-state index contributed by atoms with van der Waals surface area (Å²) in [5, 5.41) is 14.4. The standard InChI is InChI=1S/C16H20N4O3/c1-2-23-16(22)20-8-6-13(7-9-20)18-15(21)19-14-5-3-4-12(10-14)11-17/h3-5,10,13H,2,6-9H2,1H3,(H2,18,19,21). The van der Waals surface area contributed by atoms with Gasteiger partial charge in [-0.3, -0.25) is 0 Å². The summed E-state index contributed by atoms with van der Waals surface area (Å²) in [4.78, 5) is 25.2. The molecule has 3 amide bonds. The molecule has 0 saturated carbocycles. The molecule has 2 rings (SSSR count). The van der Waals surface area contributed by atoms with Crippen molar-refractivity contribution in [1.29, 1.82) is 5.26 Å². The quantitative estimate of drug-likeness (QED) is 0.894. The Morgan fingerprint density at radius 3 is 2.78 bits per heavy atom. The zero-order valence-corrected chi connectivity index (χ0v) is 13.0. The van der Waals surface area contributed by atoms with E-state index >= 15 is 0 Å². The van der Waals surface area contributed by atoms with E-state index in [1.165, 1.54) is 0 Å². The molecule has 23 heavy (non-hydrogen) atoms. The number of benzene rings is 1. The summed E-state index contributed by atoms with van der Waals surface area (Å²) in [6.45, 7) is 3.26. The van der Waals surface area contributed by atoms with Crippen LogP contribution < -0.4 is 10.6 Å². The first-order valence-electron chi connectivity index (χ1n) is 7.61. The van der Waals surface area contributed by atoms with Gasteiger partial charge in [0, 0.05) is 24.8 Å². The number of anilines is 1. The summed E-state index contributed by atoms with van der Waals surface area (Å²) < 4.78 is 4.96. The molecule has 122 valence electrons. The fraction of sp³-hybridized carbons (Fsp3) is 0.438. The maximum absolute atomic E-state index is 12.0. The molecule has 1 aromatic carbocycles. The van der Waals surface area contributed by atoms with Crippen LogP contribution in [-0.4, -0.2) is 42.8 Å². The number of hydrogen-bond donors (Lipinski definition) is 2. The van der Waals surface area contributed by atoms with Gasteiger partial charge in [0.25, 0.3) is 0 Å². The topological polar surface area (TPSA) is 94.5 Å². The molecule has 1 aliphatic heterocycles. The Bertz CT molecular complexity index is 604. The van der Waals surface area contributed by atoms with Crippen LogP contribution in [0.2, 0.25) is 0 Å². The highest BCUT2D eigenvalue weighted by Crippen LogP contribution is 2.13. The van der Waals surface area contributed by atoms with E-state index in [2.05, 4.69) is 10.6 Å². The van der Waals surface area contributed by atoms with Gasteiger partial charge in [0.1, 0.15) is 0 Å². The largest absolute Gasteiger partial charge is 0.450 e. The van der Waals surface area contributed by atoms with Gasteiger partial charge in [0.15, 0.2) is 0 Å². The van der Waals surface area contributed by atoms with Crippen molar-refractivity contribution in [2.45, 2.75) is 25.8 Å². The summed E-state index contributed by atoms with van der Waals surface area (Å²) in [6, 6.07) is 8.46. The zero-order valence-electron chi connectivity index (χ0n) is 13.0. The van der Waals surface area contributed by atoms with Gasteiger partial charge in [-0.2, -0.15) is 5.26 Å². The molecule has 1 aliphatic rings. The predicted octanol–water partition coefficient (Wildman–Crippen LogP) is 2.30. The van der Waals surface area contributed by atoms with E-state index in [4.69, 9.17) is 10.00 Å². The molecule has 0 radical (unpaired) electrons. The van der Waals surface area contributed by atoms with E-state index in [1.807, 2.05) is 6.07 Å². The second-order valence-corrected chi connectivity index (χ2v) is 5.25.